The van der Waals surface area contributed by atoms with Crippen LogP contribution in [0.3, 0.4) is 0 Å². The van der Waals surface area contributed by atoms with Crippen LogP contribution in [0, 0.1) is 20.8 Å². The Hall–Kier alpha value is -2.15. The molecule has 0 aliphatic carbocycles. The lowest BCUT2D eigenvalue weighted by atomic mass is 9.95. The second-order valence-corrected chi connectivity index (χ2v) is 5.17. The van der Waals surface area contributed by atoms with E-state index in [0.717, 1.165) is 22.3 Å². The summed E-state index contributed by atoms with van der Waals surface area (Å²) in [6, 6.07) is 13.7. The van der Waals surface area contributed by atoms with Gasteiger partial charge < -0.3 is 0 Å². The molecule has 2 rings (SSSR count). The van der Waals surface area contributed by atoms with Gasteiger partial charge in [0.15, 0.2) is 5.78 Å². The molecule has 1 nitrogen and oxygen atoms in total. The summed E-state index contributed by atoms with van der Waals surface area (Å²) >= 11 is 0. The molecule has 24 heavy (non-hydrogen) atoms. The summed E-state index contributed by atoms with van der Waals surface area (Å²) in [5.41, 5.74) is 4.84. The molecule has 0 amide bonds. The topological polar surface area (TPSA) is 17.1 Å². The third-order valence-corrected chi connectivity index (χ3v) is 3.02. The van der Waals surface area contributed by atoms with Gasteiger partial charge in [-0.15, -0.1) is 13.2 Å². The van der Waals surface area contributed by atoms with E-state index >= 15 is 0 Å². The largest absolute Gasteiger partial charge is 0.289 e. The van der Waals surface area contributed by atoms with E-state index in [1.807, 2.05) is 77.1 Å². The van der Waals surface area contributed by atoms with Gasteiger partial charge in [0.25, 0.3) is 0 Å². The van der Waals surface area contributed by atoms with Crippen molar-refractivity contribution < 1.29 is 4.79 Å². The third-order valence-electron chi connectivity index (χ3n) is 3.02. The SMILES string of the molecule is C=C.CC.CCC.Cc1ccc(C(=O)c2ccccc2C)c(C)c1. The van der Waals surface area contributed by atoms with E-state index < -0.39 is 0 Å². The fourth-order valence-corrected chi connectivity index (χ4v) is 2.04. The fourth-order valence-electron chi connectivity index (χ4n) is 2.04. The molecule has 2 aromatic carbocycles. The van der Waals surface area contributed by atoms with Gasteiger partial charge in [-0.3, -0.25) is 4.79 Å². The minimum Gasteiger partial charge on any atom is -0.289 e. The van der Waals surface area contributed by atoms with Crippen LogP contribution in [0.4, 0.5) is 0 Å². The molecule has 0 heterocycles. The maximum Gasteiger partial charge on any atom is 0.193 e. The first-order valence-electron chi connectivity index (χ1n) is 8.68. The second kappa shape index (κ2) is 14.4. The Kier molecular flexibility index (Phi) is 14.5. The molecule has 0 fully saturated rings. The molecular weight excluding hydrogens is 292 g/mol. The van der Waals surface area contributed by atoms with E-state index in [9.17, 15) is 4.79 Å². The summed E-state index contributed by atoms with van der Waals surface area (Å²) in [4.78, 5) is 12.4. The molecule has 1 heteroatoms. The number of ketones is 1. The van der Waals surface area contributed by atoms with Gasteiger partial charge >= 0.3 is 0 Å². The van der Waals surface area contributed by atoms with Gasteiger partial charge in [0.05, 0.1) is 0 Å². The number of hydrogen-bond acceptors (Lipinski definition) is 1. The molecule has 0 saturated carbocycles. The minimum atomic E-state index is 0.112. The first-order chi connectivity index (χ1) is 11.5. The highest BCUT2D eigenvalue weighted by molar-refractivity contribution is 6.10. The summed E-state index contributed by atoms with van der Waals surface area (Å²) in [6.07, 6.45) is 1.25. The van der Waals surface area contributed by atoms with Gasteiger partial charge in [-0.2, -0.15) is 0 Å². The average Bonchev–Trinajstić information content (AvgIpc) is 2.59. The molecule has 0 aliphatic rings. The lowest BCUT2D eigenvalue weighted by Crippen LogP contribution is -2.05. The van der Waals surface area contributed by atoms with Crippen LogP contribution in [0.2, 0.25) is 0 Å². The third kappa shape index (κ3) is 7.92. The van der Waals surface area contributed by atoms with Crippen molar-refractivity contribution >= 4 is 5.78 Å². The van der Waals surface area contributed by atoms with Crippen molar-refractivity contribution in [3.8, 4) is 0 Å². The Morgan fingerprint density at radius 3 is 1.75 bits per heavy atom. The van der Waals surface area contributed by atoms with Crippen molar-refractivity contribution in [3.63, 3.8) is 0 Å². The highest BCUT2D eigenvalue weighted by Crippen LogP contribution is 2.17. The van der Waals surface area contributed by atoms with Crippen molar-refractivity contribution in [1.29, 1.82) is 0 Å². The van der Waals surface area contributed by atoms with E-state index in [0.29, 0.717) is 0 Å². The van der Waals surface area contributed by atoms with Gasteiger partial charge in [0.2, 0.25) is 0 Å². The number of carbonyl (C=O) groups is 1. The Balaban J connectivity index is 0. The highest BCUT2D eigenvalue weighted by Gasteiger charge is 2.13. The first kappa shape index (κ1) is 24.1. The zero-order chi connectivity index (χ0) is 19.1. The number of benzene rings is 2. The summed E-state index contributed by atoms with van der Waals surface area (Å²) in [7, 11) is 0. The predicted molar refractivity (Wildman–Crippen MR) is 109 cm³/mol. The van der Waals surface area contributed by atoms with E-state index in [-0.39, 0.29) is 5.78 Å². The molecule has 0 spiro atoms. The van der Waals surface area contributed by atoms with E-state index in [2.05, 4.69) is 27.0 Å². The highest BCUT2D eigenvalue weighted by atomic mass is 16.1. The quantitative estimate of drug-likeness (QED) is 0.425. The van der Waals surface area contributed by atoms with Crippen LogP contribution in [-0.4, -0.2) is 5.78 Å². The summed E-state index contributed by atoms with van der Waals surface area (Å²) < 4.78 is 0. The molecule has 0 aromatic heterocycles. The smallest absolute Gasteiger partial charge is 0.193 e. The molecule has 2 aromatic rings. The van der Waals surface area contributed by atoms with Crippen LogP contribution in [0.15, 0.2) is 55.6 Å². The maximum atomic E-state index is 12.4. The van der Waals surface area contributed by atoms with Gasteiger partial charge in [-0.1, -0.05) is 82.1 Å². The number of carbonyl (C=O) groups excluding carboxylic acids is 1. The fraction of sp³-hybridized carbons (Fsp3) is 0.348. The Morgan fingerprint density at radius 1 is 0.833 bits per heavy atom. The monoisotopic (exact) mass is 326 g/mol. The Bertz CT molecular complexity index is 597. The molecule has 0 saturated heterocycles. The molecule has 132 valence electrons. The zero-order valence-electron chi connectivity index (χ0n) is 16.6. The second-order valence-electron chi connectivity index (χ2n) is 5.17. The molecule has 0 atom stereocenters. The summed E-state index contributed by atoms with van der Waals surface area (Å²) in [5, 5.41) is 0. The lowest BCUT2D eigenvalue weighted by Gasteiger charge is -2.08. The predicted octanol–water partition coefficient (Wildman–Crippen LogP) is 7.09. The van der Waals surface area contributed by atoms with Gasteiger partial charge in [-0.05, 0) is 31.9 Å². The molecule has 0 aliphatic heterocycles. The van der Waals surface area contributed by atoms with Crippen molar-refractivity contribution in [1.82, 2.24) is 0 Å². The van der Waals surface area contributed by atoms with Crippen LogP contribution in [0.1, 0.15) is 66.7 Å². The van der Waals surface area contributed by atoms with Crippen molar-refractivity contribution in [2.45, 2.75) is 54.9 Å². The molecule has 0 N–H and O–H groups in total. The zero-order valence-corrected chi connectivity index (χ0v) is 16.6. The van der Waals surface area contributed by atoms with Crippen LogP contribution in [0.25, 0.3) is 0 Å². The van der Waals surface area contributed by atoms with Gasteiger partial charge in [0.1, 0.15) is 0 Å². The molecular formula is C23H34O. The van der Waals surface area contributed by atoms with Crippen molar-refractivity contribution in [2.75, 3.05) is 0 Å². The molecule has 0 unspecified atom stereocenters. The van der Waals surface area contributed by atoms with Crippen LogP contribution in [-0.2, 0) is 0 Å². The lowest BCUT2D eigenvalue weighted by molar-refractivity contribution is 0.103. The molecule has 0 radical (unpaired) electrons. The molecule has 0 bridgehead atoms. The number of aryl methyl sites for hydroxylation is 3. The van der Waals surface area contributed by atoms with E-state index in [1.54, 1.807) is 0 Å². The van der Waals surface area contributed by atoms with Crippen molar-refractivity contribution in [3.05, 3.63) is 83.4 Å². The van der Waals surface area contributed by atoms with E-state index in [4.69, 9.17) is 0 Å². The van der Waals surface area contributed by atoms with Gasteiger partial charge in [0, 0.05) is 11.1 Å². The van der Waals surface area contributed by atoms with E-state index in [1.165, 1.54) is 12.0 Å². The van der Waals surface area contributed by atoms with Crippen LogP contribution >= 0.6 is 0 Å². The summed E-state index contributed by atoms with van der Waals surface area (Å²) in [5.74, 6) is 0.112. The van der Waals surface area contributed by atoms with Gasteiger partial charge in [-0.25, -0.2) is 0 Å². The first-order valence-corrected chi connectivity index (χ1v) is 8.68. The maximum absolute atomic E-state index is 12.4. The normalized spacial score (nSPS) is 8.46. The summed E-state index contributed by atoms with van der Waals surface area (Å²) in [6.45, 7) is 20.2. The van der Waals surface area contributed by atoms with Crippen LogP contribution in [0.5, 0.6) is 0 Å². The van der Waals surface area contributed by atoms with Crippen LogP contribution < -0.4 is 0 Å². The van der Waals surface area contributed by atoms with Crippen molar-refractivity contribution in [2.24, 2.45) is 0 Å². The number of hydrogen-bond donors (Lipinski definition) is 0. The average molecular weight is 327 g/mol. The Labute approximate surface area is 149 Å². The number of rotatable bonds is 2. The standard InChI is InChI=1S/C16H16O.C3H8.C2H6.C2H4/c1-11-8-9-15(13(3)10-11)16(17)14-7-5-4-6-12(14)2;1-3-2;2*1-2/h4-10H,1-3H3;3H2,1-2H3;1-2H3;1-2H2. The Morgan fingerprint density at radius 2 is 1.29 bits per heavy atom. The minimum absolute atomic E-state index is 0.112.